The largest absolute Gasteiger partial charge is 0.497 e. The fraction of sp³-hybridized carbons (Fsp3) is 0.261. The van der Waals surface area contributed by atoms with E-state index in [9.17, 15) is 9.59 Å². The molecule has 0 spiro atoms. The Morgan fingerprint density at radius 2 is 1.72 bits per heavy atom. The Morgan fingerprint density at radius 3 is 2.45 bits per heavy atom. The van der Waals surface area contributed by atoms with Crippen LogP contribution in [0.15, 0.2) is 54.7 Å². The van der Waals surface area contributed by atoms with Crippen molar-refractivity contribution in [1.82, 2.24) is 9.88 Å². The van der Waals surface area contributed by atoms with Crippen LogP contribution in [0, 0.1) is 0 Å². The molecule has 2 aromatic carbocycles. The summed E-state index contributed by atoms with van der Waals surface area (Å²) in [4.78, 5) is 30.6. The van der Waals surface area contributed by atoms with Gasteiger partial charge in [-0.05, 0) is 43.5 Å². The number of imide groups is 1. The van der Waals surface area contributed by atoms with Crippen molar-refractivity contribution in [2.45, 2.75) is 19.3 Å². The SMILES string of the molecule is COc1cc(NCCCCCN2C(=O)c3ccccc3C2=O)c2ncccc2c1. The summed E-state index contributed by atoms with van der Waals surface area (Å²) in [5, 5.41) is 4.46. The first kappa shape index (κ1) is 18.9. The lowest BCUT2D eigenvalue weighted by molar-refractivity contribution is 0.0651. The van der Waals surface area contributed by atoms with Gasteiger partial charge in [-0.2, -0.15) is 0 Å². The zero-order valence-electron chi connectivity index (χ0n) is 16.4. The summed E-state index contributed by atoms with van der Waals surface area (Å²) < 4.78 is 5.37. The molecule has 0 radical (unpaired) electrons. The van der Waals surface area contributed by atoms with Gasteiger partial charge in [-0.15, -0.1) is 0 Å². The van der Waals surface area contributed by atoms with Crippen molar-refractivity contribution in [3.8, 4) is 5.75 Å². The van der Waals surface area contributed by atoms with Crippen molar-refractivity contribution in [1.29, 1.82) is 0 Å². The van der Waals surface area contributed by atoms with Crippen LogP contribution in [-0.4, -0.2) is 41.9 Å². The van der Waals surface area contributed by atoms with E-state index in [0.717, 1.165) is 48.1 Å². The van der Waals surface area contributed by atoms with Gasteiger partial charge in [-0.25, -0.2) is 0 Å². The minimum Gasteiger partial charge on any atom is -0.497 e. The van der Waals surface area contributed by atoms with Crippen LogP contribution in [0.5, 0.6) is 5.75 Å². The topological polar surface area (TPSA) is 71.5 Å². The van der Waals surface area contributed by atoms with Gasteiger partial charge in [0.05, 0.1) is 29.4 Å². The fourth-order valence-corrected chi connectivity index (χ4v) is 3.65. The number of carbonyl (C=O) groups is 2. The highest BCUT2D eigenvalue weighted by atomic mass is 16.5. The van der Waals surface area contributed by atoms with E-state index in [0.29, 0.717) is 17.7 Å². The predicted molar refractivity (Wildman–Crippen MR) is 112 cm³/mol. The highest BCUT2D eigenvalue weighted by molar-refractivity contribution is 6.21. The van der Waals surface area contributed by atoms with Crippen molar-refractivity contribution >= 4 is 28.4 Å². The van der Waals surface area contributed by atoms with Crippen LogP contribution in [0.25, 0.3) is 10.9 Å². The number of fused-ring (bicyclic) bond motifs is 2. The van der Waals surface area contributed by atoms with E-state index in [1.165, 1.54) is 4.90 Å². The zero-order valence-corrected chi connectivity index (χ0v) is 16.4. The number of aromatic nitrogens is 1. The Kier molecular flexibility index (Phi) is 5.42. The lowest BCUT2D eigenvalue weighted by Crippen LogP contribution is -2.30. The average molecular weight is 389 g/mol. The van der Waals surface area contributed by atoms with Gasteiger partial charge in [0.2, 0.25) is 0 Å². The molecule has 0 atom stereocenters. The number of pyridine rings is 1. The molecule has 4 rings (SSSR count). The Labute approximate surface area is 169 Å². The first-order valence-electron chi connectivity index (χ1n) is 9.81. The van der Waals surface area contributed by atoms with E-state index in [1.807, 2.05) is 24.3 Å². The molecule has 0 bridgehead atoms. The predicted octanol–water partition coefficient (Wildman–Crippen LogP) is 4.12. The number of carbonyl (C=O) groups excluding carboxylic acids is 2. The highest BCUT2D eigenvalue weighted by Gasteiger charge is 2.34. The third-order valence-electron chi connectivity index (χ3n) is 5.17. The van der Waals surface area contributed by atoms with Crippen LogP contribution in [0.4, 0.5) is 5.69 Å². The van der Waals surface area contributed by atoms with Crippen molar-refractivity contribution in [3.05, 3.63) is 65.9 Å². The number of methoxy groups -OCH3 is 1. The highest BCUT2D eigenvalue weighted by Crippen LogP contribution is 2.28. The third kappa shape index (κ3) is 3.78. The maximum Gasteiger partial charge on any atom is 0.261 e. The molecular formula is C23H23N3O3. The smallest absolute Gasteiger partial charge is 0.261 e. The Hall–Kier alpha value is -3.41. The first-order chi connectivity index (χ1) is 14.2. The average Bonchev–Trinajstić information content (AvgIpc) is 3.00. The molecule has 0 aliphatic carbocycles. The minimum atomic E-state index is -0.183. The van der Waals surface area contributed by atoms with Crippen LogP contribution < -0.4 is 10.1 Å². The molecule has 0 unspecified atom stereocenters. The van der Waals surface area contributed by atoms with E-state index >= 15 is 0 Å². The lowest BCUT2D eigenvalue weighted by atomic mass is 10.1. The molecule has 3 aromatic rings. The molecule has 6 heteroatoms. The molecule has 1 aliphatic heterocycles. The van der Waals surface area contributed by atoms with Gasteiger partial charge in [-0.1, -0.05) is 18.2 Å². The van der Waals surface area contributed by atoms with E-state index < -0.39 is 0 Å². The standard InChI is InChI=1S/C23H23N3O3/c1-29-17-14-16-8-7-12-25-21(16)20(15-17)24-11-5-2-6-13-26-22(27)18-9-3-4-10-19(18)23(26)28/h3-4,7-10,12,14-15,24H,2,5-6,11,13H2,1H3. The number of benzene rings is 2. The quantitative estimate of drug-likeness (QED) is 0.463. The fourth-order valence-electron chi connectivity index (χ4n) is 3.65. The number of nitrogens with one attached hydrogen (secondary N) is 1. The monoisotopic (exact) mass is 389 g/mol. The van der Waals surface area contributed by atoms with E-state index in [-0.39, 0.29) is 11.8 Å². The number of hydrogen-bond donors (Lipinski definition) is 1. The molecule has 0 saturated carbocycles. The summed E-state index contributed by atoms with van der Waals surface area (Å²) >= 11 is 0. The molecule has 0 saturated heterocycles. The van der Waals surface area contributed by atoms with Gasteiger partial charge in [0, 0.05) is 30.7 Å². The number of rotatable bonds is 8. The van der Waals surface area contributed by atoms with E-state index in [1.54, 1.807) is 37.6 Å². The Morgan fingerprint density at radius 1 is 0.966 bits per heavy atom. The second-order valence-electron chi connectivity index (χ2n) is 7.05. The third-order valence-corrected chi connectivity index (χ3v) is 5.17. The van der Waals surface area contributed by atoms with Crippen LogP contribution in [0.3, 0.4) is 0 Å². The number of ether oxygens (including phenoxy) is 1. The number of unbranched alkanes of at least 4 members (excludes halogenated alkanes) is 2. The van der Waals surface area contributed by atoms with Gasteiger partial charge in [0.1, 0.15) is 5.75 Å². The lowest BCUT2D eigenvalue weighted by Gasteiger charge is -2.14. The summed E-state index contributed by atoms with van der Waals surface area (Å²) in [5.41, 5.74) is 2.88. The summed E-state index contributed by atoms with van der Waals surface area (Å²) in [6.07, 6.45) is 4.40. The van der Waals surface area contributed by atoms with Crippen molar-refractivity contribution in [2.24, 2.45) is 0 Å². The number of hydrogen-bond acceptors (Lipinski definition) is 5. The molecular weight excluding hydrogens is 366 g/mol. The number of amides is 2. The van der Waals surface area contributed by atoms with Gasteiger partial charge in [0.25, 0.3) is 11.8 Å². The minimum absolute atomic E-state index is 0.183. The summed E-state index contributed by atoms with van der Waals surface area (Å²) in [7, 11) is 1.65. The van der Waals surface area contributed by atoms with Crippen molar-refractivity contribution in [3.63, 3.8) is 0 Å². The molecule has 1 N–H and O–H groups in total. The zero-order chi connectivity index (χ0) is 20.2. The van der Waals surface area contributed by atoms with Gasteiger partial charge in [-0.3, -0.25) is 19.5 Å². The number of anilines is 1. The van der Waals surface area contributed by atoms with E-state index in [2.05, 4.69) is 10.3 Å². The molecule has 6 nitrogen and oxygen atoms in total. The summed E-state index contributed by atoms with van der Waals surface area (Å²) in [6, 6.07) is 14.8. The van der Waals surface area contributed by atoms with Crippen LogP contribution >= 0.6 is 0 Å². The van der Waals surface area contributed by atoms with Crippen LogP contribution in [-0.2, 0) is 0 Å². The van der Waals surface area contributed by atoms with Gasteiger partial charge < -0.3 is 10.1 Å². The Bertz CT molecular complexity index is 1030. The van der Waals surface area contributed by atoms with E-state index in [4.69, 9.17) is 4.74 Å². The molecule has 2 heterocycles. The molecule has 2 amide bonds. The van der Waals surface area contributed by atoms with Gasteiger partial charge in [0.15, 0.2) is 0 Å². The molecule has 29 heavy (non-hydrogen) atoms. The molecule has 0 fully saturated rings. The Balaban J connectivity index is 1.28. The van der Waals surface area contributed by atoms with Crippen LogP contribution in [0.1, 0.15) is 40.0 Å². The summed E-state index contributed by atoms with van der Waals surface area (Å²) in [6.45, 7) is 1.23. The second-order valence-corrected chi connectivity index (χ2v) is 7.05. The molecule has 1 aromatic heterocycles. The molecule has 1 aliphatic rings. The van der Waals surface area contributed by atoms with Crippen molar-refractivity contribution < 1.29 is 14.3 Å². The van der Waals surface area contributed by atoms with Crippen LogP contribution in [0.2, 0.25) is 0 Å². The molecule has 148 valence electrons. The maximum absolute atomic E-state index is 12.4. The maximum atomic E-state index is 12.4. The van der Waals surface area contributed by atoms with Gasteiger partial charge >= 0.3 is 0 Å². The van der Waals surface area contributed by atoms with Crippen molar-refractivity contribution in [2.75, 3.05) is 25.5 Å². The normalized spacial score (nSPS) is 13.1. The second kappa shape index (κ2) is 8.31. The number of nitrogens with zero attached hydrogens (tertiary/aromatic N) is 2. The first-order valence-corrected chi connectivity index (χ1v) is 9.81. The summed E-state index contributed by atoms with van der Waals surface area (Å²) in [5.74, 6) is 0.425.